The minimum Gasteiger partial charge on any atom is -0.252 e. The molecule has 0 saturated carbocycles. The molecular weight excluding hydrogens is 257 g/mol. The molecule has 0 aliphatic carbocycles. The van der Waals surface area contributed by atoms with Crippen molar-refractivity contribution in [1.82, 2.24) is 0 Å². The molecule has 3 rings (SSSR count). The summed E-state index contributed by atoms with van der Waals surface area (Å²) < 4.78 is 13.0. The first-order valence-corrected chi connectivity index (χ1v) is 7.19. The van der Waals surface area contributed by atoms with Crippen molar-refractivity contribution in [2.24, 2.45) is 4.99 Å². The molecule has 0 saturated heterocycles. The molecule has 96 valence electrons. The van der Waals surface area contributed by atoms with Gasteiger partial charge in [-0.05, 0) is 29.8 Å². The van der Waals surface area contributed by atoms with Gasteiger partial charge in [0.15, 0.2) is 0 Å². The largest absolute Gasteiger partial charge is 0.252 e. The summed E-state index contributed by atoms with van der Waals surface area (Å²) in [6, 6.07) is 14.8. The third kappa shape index (κ3) is 2.71. The van der Waals surface area contributed by atoms with Crippen LogP contribution >= 0.6 is 11.8 Å². The summed E-state index contributed by atoms with van der Waals surface area (Å²) in [5, 5.41) is 0.465. The van der Waals surface area contributed by atoms with E-state index in [1.165, 1.54) is 17.0 Å². The number of halogens is 1. The molecular formula is C16H14FNS. The van der Waals surface area contributed by atoms with E-state index in [-0.39, 0.29) is 5.82 Å². The van der Waals surface area contributed by atoms with Gasteiger partial charge in [0, 0.05) is 22.3 Å². The Kier molecular flexibility index (Phi) is 3.38. The fraction of sp³-hybridized carbons (Fsp3) is 0.188. The second kappa shape index (κ2) is 5.17. The molecule has 19 heavy (non-hydrogen) atoms. The van der Waals surface area contributed by atoms with Crippen LogP contribution in [0.5, 0.6) is 0 Å². The molecule has 1 aliphatic rings. The highest BCUT2D eigenvalue weighted by Crippen LogP contribution is 2.37. The van der Waals surface area contributed by atoms with Gasteiger partial charge in [-0.1, -0.05) is 31.2 Å². The van der Waals surface area contributed by atoms with Gasteiger partial charge in [0.1, 0.15) is 5.82 Å². The molecule has 1 atom stereocenters. The van der Waals surface area contributed by atoms with E-state index in [2.05, 4.69) is 13.0 Å². The van der Waals surface area contributed by atoms with Crippen LogP contribution in [0.2, 0.25) is 0 Å². The maximum Gasteiger partial charge on any atom is 0.123 e. The average Bonchev–Trinajstić information content (AvgIpc) is 2.57. The third-order valence-corrected chi connectivity index (χ3v) is 4.28. The molecule has 0 spiro atoms. The van der Waals surface area contributed by atoms with E-state index in [1.807, 2.05) is 30.0 Å². The van der Waals surface area contributed by atoms with Crippen molar-refractivity contribution in [2.75, 3.05) is 0 Å². The highest BCUT2D eigenvalue weighted by Gasteiger charge is 2.17. The Morgan fingerprint density at radius 3 is 2.63 bits per heavy atom. The van der Waals surface area contributed by atoms with Crippen molar-refractivity contribution < 1.29 is 4.39 Å². The Labute approximate surface area is 116 Å². The van der Waals surface area contributed by atoms with Gasteiger partial charge in [-0.25, -0.2) is 4.39 Å². The van der Waals surface area contributed by atoms with Crippen molar-refractivity contribution >= 4 is 23.2 Å². The lowest BCUT2D eigenvalue weighted by molar-refractivity contribution is 0.627. The predicted molar refractivity (Wildman–Crippen MR) is 79.0 cm³/mol. The third-order valence-electron chi connectivity index (χ3n) is 3.11. The molecule has 0 N–H and O–H groups in total. The average molecular weight is 271 g/mol. The van der Waals surface area contributed by atoms with Gasteiger partial charge < -0.3 is 0 Å². The monoisotopic (exact) mass is 271 g/mol. The van der Waals surface area contributed by atoms with Crippen molar-refractivity contribution in [3.05, 3.63) is 59.9 Å². The van der Waals surface area contributed by atoms with E-state index in [0.717, 1.165) is 23.4 Å². The molecule has 1 aliphatic heterocycles. The minimum absolute atomic E-state index is 0.208. The van der Waals surface area contributed by atoms with Crippen molar-refractivity contribution in [2.45, 2.75) is 23.5 Å². The highest BCUT2D eigenvalue weighted by molar-refractivity contribution is 8.00. The summed E-state index contributed by atoms with van der Waals surface area (Å²) in [7, 11) is 0. The van der Waals surface area contributed by atoms with Crippen molar-refractivity contribution in [3.8, 4) is 0 Å². The summed E-state index contributed by atoms with van der Waals surface area (Å²) in [6.07, 6.45) is 0.894. The van der Waals surface area contributed by atoms with E-state index < -0.39 is 0 Å². The standard InChI is InChI=1S/C16H14FNS/c1-11-10-15(12-6-8-13(17)9-7-12)18-14-4-2-3-5-16(14)19-11/h2-9,11H,10H2,1H3. The first-order chi connectivity index (χ1) is 9.22. The van der Waals surface area contributed by atoms with Gasteiger partial charge in [0.25, 0.3) is 0 Å². The summed E-state index contributed by atoms with van der Waals surface area (Å²) in [5.74, 6) is -0.208. The molecule has 1 nitrogen and oxygen atoms in total. The SMILES string of the molecule is CC1CC(c2ccc(F)cc2)=Nc2ccccc2S1. The number of para-hydroxylation sites is 1. The van der Waals surface area contributed by atoms with Crippen LogP contribution in [0.15, 0.2) is 58.4 Å². The zero-order chi connectivity index (χ0) is 13.2. The summed E-state index contributed by atoms with van der Waals surface area (Å²) in [5.41, 5.74) is 3.05. The van der Waals surface area contributed by atoms with Crippen LogP contribution < -0.4 is 0 Å². The molecule has 1 unspecified atom stereocenters. The number of nitrogens with zero attached hydrogens (tertiary/aromatic N) is 1. The van der Waals surface area contributed by atoms with E-state index >= 15 is 0 Å². The van der Waals surface area contributed by atoms with Crippen molar-refractivity contribution in [3.63, 3.8) is 0 Å². The number of thioether (sulfide) groups is 1. The molecule has 0 radical (unpaired) electrons. The molecule has 2 aromatic carbocycles. The number of benzene rings is 2. The van der Waals surface area contributed by atoms with E-state index in [9.17, 15) is 4.39 Å². The zero-order valence-electron chi connectivity index (χ0n) is 10.6. The Morgan fingerprint density at radius 1 is 1.11 bits per heavy atom. The maximum absolute atomic E-state index is 13.0. The van der Waals surface area contributed by atoms with Crippen molar-refractivity contribution in [1.29, 1.82) is 0 Å². The molecule has 3 heteroatoms. The Morgan fingerprint density at radius 2 is 1.84 bits per heavy atom. The first kappa shape index (κ1) is 12.4. The van der Waals surface area contributed by atoms with Crippen LogP contribution in [0.3, 0.4) is 0 Å². The second-order valence-corrected chi connectivity index (χ2v) is 6.15. The molecule has 2 aromatic rings. The summed E-state index contributed by atoms with van der Waals surface area (Å²) in [6.45, 7) is 2.20. The van der Waals surface area contributed by atoms with Crippen LogP contribution in [-0.4, -0.2) is 11.0 Å². The van der Waals surface area contributed by atoms with Gasteiger partial charge in [-0.3, -0.25) is 4.99 Å². The minimum atomic E-state index is -0.208. The lowest BCUT2D eigenvalue weighted by Gasteiger charge is -2.09. The maximum atomic E-state index is 13.0. The fourth-order valence-corrected chi connectivity index (χ4v) is 3.26. The lowest BCUT2D eigenvalue weighted by Crippen LogP contribution is -2.07. The normalized spacial score (nSPS) is 18.4. The molecule has 0 aromatic heterocycles. The number of hydrogen-bond acceptors (Lipinski definition) is 2. The Hall–Kier alpha value is -1.61. The molecule has 1 heterocycles. The van der Waals surface area contributed by atoms with Gasteiger partial charge in [-0.15, -0.1) is 11.8 Å². The summed E-state index contributed by atoms with van der Waals surface area (Å²) in [4.78, 5) is 5.98. The molecule has 0 fully saturated rings. The van der Waals surface area contributed by atoms with Crippen LogP contribution in [0.1, 0.15) is 18.9 Å². The van der Waals surface area contributed by atoms with Gasteiger partial charge in [0.2, 0.25) is 0 Å². The quantitative estimate of drug-likeness (QED) is 0.723. The number of fused-ring (bicyclic) bond motifs is 1. The lowest BCUT2D eigenvalue weighted by atomic mass is 10.1. The van der Waals surface area contributed by atoms with Crippen LogP contribution in [0.4, 0.5) is 10.1 Å². The Balaban J connectivity index is 2.06. The number of aliphatic imine (C=N–C) groups is 1. The van der Waals surface area contributed by atoms with Crippen LogP contribution in [0.25, 0.3) is 0 Å². The van der Waals surface area contributed by atoms with Gasteiger partial charge >= 0.3 is 0 Å². The summed E-state index contributed by atoms with van der Waals surface area (Å²) >= 11 is 1.85. The fourth-order valence-electron chi connectivity index (χ4n) is 2.20. The van der Waals surface area contributed by atoms with Gasteiger partial charge in [0.05, 0.1) is 5.69 Å². The highest BCUT2D eigenvalue weighted by atomic mass is 32.2. The second-order valence-electron chi connectivity index (χ2n) is 4.67. The Bertz CT molecular complexity index is 619. The molecule has 0 bridgehead atoms. The number of rotatable bonds is 1. The van der Waals surface area contributed by atoms with E-state index in [0.29, 0.717) is 5.25 Å². The van der Waals surface area contributed by atoms with Gasteiger partial charge in [-0.2, -0.15) is 0 Å². The number of hydrogen-bond donors (Lipinski definition) is 0. The molecule has 0 amide bonds. The topological polar surface area (TPSA) is 12.4 Å². The van der Waals surface area contributed by atoms with E-state index in [4.69, 9.17) is 4.99 Å². The predicted octanol–water partition coefficient (Wildman–Crippen LogP) is 4.83. The van der Waals surface area contributed by atoms with Crippen LogP contribution in [-0.2, 0) is 0 Å². The zero-order valence-corrected chi connectivity index (χ0v) is 11.5. The smallest absolute Gasteiger partial charge is 0.123 e. The van der Waals surface area contributed by atoms with E-state index in [1.54, 1.807) is 12.1 Å². The first-order valence-electron chi connectivity index (χ1n) is 6.31. The van der Waals surface area contributed by atoms with Crippen LogP contribution in [0, 0.1) is 5.82 Å².